The molecule has 1 aromatic heterocycles. The maximum Gasteiger partial charge on any atom is 0.180 e. The van der Waals surface area contributed by atoms with E-state index in [2.05, 4.69) is 5.10 Å². The summed E-state index contributed by atoms with van der Waals surface area (Å²) in [4.78, 5) is 11.1. The lowest BCUT2D eigenvalue weighted by Gasteiger charge is -1.97. The van der Waals surface area contributed by atoms with Crippen molar-refractivity contribution in [3.63, 3.8) is 0 Å². The molecule has 1 aromatic rings. The van der Waals surface area contributed by atoms with Gasteiger partial charge in [-0.1, -0.05) is 0 Å². The van der Waals surface area contributed by atoms with Crippen molar-refractivity contribution in [2.75, 3.05) is 0 Å². The number of aryl methyl sites for hydroxylation is 1. The second-order valence-electron chi connectivity index (χ2n) is 3.39. The Morgan fingerprint density at radius 1 is 1.69 bits per heavy atom. The van der Waals surface area contributed by atoms with E-state index in [1.54, 1.807) is 11.7 Å². The lowest BCUT2D eigenvalue weighted by Crippen LogP contribution is -2.01. The number of alkyl halides is 1. The second-order valence-corrected chi connectivity index (χ2v) is 3.39. The number of aromatic nitrogens is 2. The summed E-state index contributed by atoms with van der Waals surface area (Å²) in [6.07, 6.45) is 0.178. The van der Waals surface area contributed by atoms with Gasteiger partial charge < -0.3 is 0 Å². The van der Waals surface area contributed by atoms with Crippen LogP contribution in [-0.2, 0) is 13.5 Å². The van der Waals surface area contributed by atoms with Crippen LogP contribution >= 0.6 is 0 Å². The van der Waals surface area contributed by atoms with Crippen molar-refractivity contribution in [1.82, 2.24) is 9.78 Å². The first-order chi connectivity index (χ1) is 6.11. The highest BCUT2D eigenvalue weighted by Crippen LogP contribution is 2.36. The quantitative estimate of drug-likeness (QED) is 0.618. The van der Waals surface area contributed by atoms with Crippen molar-refractivity contribution in [1.29, 1.82) is 0 Å². The number of rotatable bonds is 1. The number of halogens is 1. The Morgan fingerprint density at radius 3 is 3.00 bits per heavy atom. The van der Waals surface area contributed by atoms with Gasteiger partial charge >= 0.3 is 0 Å². The minimum Gasteiger partial charge on any atom is -0.293 e. The van der Waals surface area contributed by atoms with E-state index in [1.165, 1.54) is 6.92 Å². The van der Waals surface area contributed by atoms with Gasteiger partial charge in [0.1, 0.15) is 11.9 Å². The summed E-state index contributed by atoms with van der Waals surface area (Å²) in [7, 11) is 1.75. The molecule has 3 nitrogen and oxygen atoms in total. The van der Waals surface area contributed by atoms with Gasteiger partial charge in [0.2, 0.25) is 0 Å². The molecule has 70 valence electrons. The van der Waals surface area contributed by atoms with E-state index in [9.17, 15) is 9.18 Å². The van der Waals surface area contributed by atoms with Crippen molar-refractivity contribution >= 4 is 5.78 Å². The van der Waals surface area contributed by atoms with Crippen LogP contribution in [0.15, 0.2) is 0 Å². The van der Waals surface area contributed by atoms with Gasteiger partial charge in [-0.2, -0.15) is 5.10 Å². The maximum absolute atomic E-state index is 13.3. The fourth-order valence-corrected chi connectivity index (χ4v) is 1.87. The third-order valence-electron chi connectivity index (χ3n) is 2.49. The normalized spacial score (nSPS) is 20.4. The van der Waals surface area contributed by atoms with E-state index in [1.807, 2.05) is 0 Å². The number of fused-ring (bicyclic) bond motifs is 1. The summed E-state index contributed by atoms with van der Waals surface area (Å²) in [5.41, 5.74) is 1.70. The number of carbonyl (C=O) groups excluding carboxylic acids is 1. The molecule has 1 heterocycles. The van der Waals surface area contributed by atoms with Gasteiger partial charge in [-0.3, -0.25) is 9.48 Å². The van der Waals surface area contributed by atoms with Crippen LogP contribution in [0.3, 0.4) is 0 Å². The van der Waals surface area contributed by atoms with Crippen LogP contribution < -0.4 is 0 Å². The summed E-state index contributed by atoms with van der Waals surface area (Å²) in [6, 6.07) is 0. The molecule has 0 radical (unpaired) electrons. The zero-order valence-electron chi connectivity index (χ0n) is 7.67. The van der Waals surface area contributed by atoms with Crippen LogP contribution in [0.1, 0.15) is 41.3 Å². The molecule has 0 saturated carbocycles. The average Bonchev–Trinajstić information content (AvgIpc) is 2.55. The smallest absolute Gasteiger partial charge is 0.180 e. The predicted octanol–water partition coefficient (Wildman–Crippen LogP) is 1.58. The molecule has 0 amide bonds. The van der Waals surface area contributed by atoms with Gasteiger partial charge in [0, 0.05) is 25.2 Å². The highest BCUT2D eigenvalue weighted by Gasteiger charge is 2.31. The molecule has 0 saturated heterocycles. The SMILES string of the molecule is CC(=O)c1nn(C)c2c1C(F)CC2. The van der Waals surface area contributed by atoms with E-state index in [-0.39, 0.29) is 5.78 Å². The van der Waals surface area contributed by atoms with Crippen molar-refractivity contribution in [3.05, 3.63) is 17.0 Å². The summed E-state index contributed by atoms with van der Waals surface area (Å²) in [5.74, 6) is -0.151. The molecule has 4 heteroatoms. The van der Waals surface area contributed by atoms with Crippen LogP contribution in [0.25, 0.3) is 0 Å². The van der Waals surface area contributed by atoms with Gasteiger partial charge in [-0.15, -0.1) is 0 Å². The van der Waals surface area contributed by atoms with Crippen LogP contribution in [0.4, 0.5) is 4.39 Å². The fraction of sp³-hybridized carbons (Fsp3) is 0.556. The third-order valence-corrected chi connectivity index (χ3v) is 2.49. The minimum absolute atomic E-state index is 0.151. The van der Waals surface area contributed by atoms with Crippen molar-refractivity contribution in [2.24, 2.45) is 7.05 Å². The molecule has 1 atom stereocenters. The molecule has 0 spiro atoms. The first-order valence-corrected chi connectivity index (χ1v) is 4.32. The van der Waals surface area contributed by atoms with E-state index >= 15 is 0 Å². The van der Waals surface area contributed by atoms with Gasteiger partial charge in [-0.05, 0) is 12.8 Å². The molecule has 0 aromatic carbocycles. The van der Waals surface area contributed by atoms with Crippen molar-refractivity contribution in [3.8, 4) is 0 Å². The second kappa shape index (κ2) is 2.65. The van der Waals surface area contributed by atoms with Crippen LogP contribution in [0.2, 0.25) is 0 Å². The molecule has 1 aliphatic rings. The molecular formula is C9H11FN2O. The van der Waals surface area contributed by atoms with Gasteiger partial charge in [0.05, 0.1) is 0 Å². The lowest BCUT2D eigenvalue weighted by atomic mass is 10.1. The lowest BCUT2D eigenvalue weighted by molar-refractivity contribution is 0.100. The fourth-order valence-electron chi connectivity index (χ4n) is 1.87. The standard InChI is InChI=1S/C9H11FN2O/c1-5(13)9-8-6(10)3-4-7(8)12(2)11-9/h6H,3-4H2,1-2H3. The average molecular weight is 182 g/mol. The Labute approximate surface area is 75.5 Å². The molecule has 0 bridgehead atoms. The maximum atomic E-state index is 13.3. The molecule has 2 rings (SSSR count). The predicted molar refractivity (Wildman–Crippen MR) is 45.4 cm³/mol. The number of nitrogens with zero attached hydrogens (tertiary/aromatic N) is 2. The Morgan fingerprint density at radius 2 is 2.38 bits per heavy atom. The van der Waals surface area contributed by atoms with Gasteiger partial charge in [0.25, 0.3) is 0 Å². The molecule has 0 N–H and O–H groups in total. The number of hydrogen-bond donors (Lipinski definition) is 0. The number of ketones is 1. The summed E-state index contributed by atoms with van der Waals surface area (Å²) < 4.78 is 15.0. The summed E-state index contributed by atoms with van der Waals surface area (Å²) >= 11 is 0. The molecule has 1 unspecified atom stereocenters. The third kappa shape index (κ3) is 1.08. The highest BCUT2D eigenvalue weighted by atomic mass is 19.1. The van der Waals surface area contributed by atoms with E-state index in [4.69, 9.17) is 0 Å². The highest BCUT2D eigenvalue weighted by molar-refractivity contribution is 5.94. The molecule has 1 aliphatic carbocycles. The van der Waals surface area contributed by atoms with Crippen LogP contribution in [0, 0.1) is 0 Å². The Kier molecular flexibility index (Phi) is 1.71. The first kappa shape index (κ1) is 8.41. The number of hydrogen-bond acceptors (Lipinski definition) is 2. The zero-order valence-corrected chi connectivity index (χ0v) is 7.67. The van der Waals surface area contributed by atoms with E-state index in [0.29, 0.717) is 24.1 Å². The number of carbonyl (C=O) groups is 1. The van der Waals surface area contributed by atoms with Crippen LogP contribution in [-0.4, -0.2) is 15.6 Å². The van der Waals surface area contributed by atoms with Gasteiger partial charge in [-0.25, -0.2) is 4.39 Å². The summed E-state index contributed by atoms with van der Waals surface area (Å²) in [5, 5.41) is 4.01. The Hall–Kier alpha value is -1.19. The van der Waals surface area contributed by atoms with E-state index < -0.39 is 6.17 Å². The Bertz CT molecular complexity index is 370. The van der Waals surface area contributed by atoms with Crippen LogP contribution in [0.5, 0.6) is 0 Å². The zero-order chi connectivity index (χ0) is 9.59. The molecular weight excluding hydrogens is 171 g/mol. The van der Waals surface area contributed by atoms with Gasteiger partial charge in [0.15, 0.2) is 5.78 Å². The molecule has 13 heavy (non-hydrogen) atoms. The topological polar surface area (TPSA) is 34.9 Å². The largest absolute Gasteiger partial charge is 0.293 e. The first-order valence-electron chi connectivity index (χ1n) is 4.32. The van der Waals surface area contributed by atoms with Crippen molar-refractivity contribution < 1.29 is 9.18 Å². The number of Topliss-reactive ketones (excluding diaryl/α,β-unsaturated/α-hetero) is 1. The summed E-state index contributed by atoms with van der Waals surface area (Å²) in [6.45, 7) is 1.42. The monoisotopic (exact) mass is 182 g/mol. The molecule has 0 aliphatic heterocycles. The molecule has 0 fully saturated rings. The van der Waals surface area contributed by atoms with E-state index in [0.717, 1.165) is 5.69 Å². The Balaban J connectivity index is 2.61. The minimum atomic E-state index is -0.998. The van der Waals surface area contributed by atoms with Crippen molar-refractivity contribution in [2.45, 2.75) is 25.9 Å².